The number of carbonyl (C=O) groups excluding carboxylic acids is 1. The molecule has 0 saturated carbocycles. The Morgan fingerprint density at radius 2 is 1.69 bits per heavy atom. The Kier molecular flexibility index (Phi) is 4.96. The van der Waals surface area contributed by atoms with Crippen molar-refractivity contribution in [3.05, 3.63) is 89.1 Å². The third-order valence-electron chi connectivity index (χ3n) is 4.93. The summed E-state index contributed by atoms with van der Waals surface area (Å²) in [5.74, 6) is 0.360. The van der Waals surface area contributed by atoms with E-state index in [-0.39, 0.29) is 0 Å². The molecule has 1 aliphatic rings. The smallest absolute Gasteiger partial charge is 0.352 e. The minimum absolute atomic E-state index is 0.291. The van der Waals surface area contributed by atoms with Gasteiger partial charge >= 0.3 is 6.18 Å². The molecule has 0 radical (unpaired) electrons. The molecule has 0 atom stereocenters. The summed E-state index contributed by atoms with van der Waals surface area (Å²) in [6.45, 7) is 1.61. The summed E-state index contributed by atoms with van der Waals surface area (Å²) < 4.78 is 37.9. The fraction of sp³-hybridized carbons (Fsp3) is 0.182. The van der Waals surface area contributed by atoms with Crippen molar-refractivity contribution >= 4 is 17.4 Å². The van der Waals surface area contributed by atoms with Crippen LogP contribution >= 0.6 is 0 Å². The van der Waals surface area contributed by atoms with Gasteiger partial charge in [0.2, 0.25) is 0 Å². The van der Waals surface area contributed by atoms with Gasteiger partial charge in [-0.3, -0.25) is 4.79 Å². The van der Waals surface area contributed by atoms with E-state index in [1.165, 1.54) is 29.5 Å². The number of hydrogen-bond acceptors (Lipinski definition) is 3. The van der Waals surface area contributed by atoms with Crippen molar-refractivity contribution in [1.82, 2.24) is 4.98 Å². The number of alkyl halides is 3. The zero-order valence-corrected chi connectivity index (χ0v) is 15.4. The highest BCUT2D eigenvalue weighted by Crippen LogP contribution is 2.30. The molecule has 1 aromatic heterocycles. The lowest BCUT2D eigenvalue weighted by Gasteiger charge is -2.29. The molecular weight excluding hydrogens is 379 g/mol. The molecule has 3 aromatic rings. The molecule has 4 rings (SSSR count). The van der Waals surface area contributed by atoms with E-state index in [0.717, 1.165) is 37.5 Å². The first-order chi connectivity index (χ1) is 13.9. The standard InChI is InChI=1S/C22H18F3N3O/c23-22(24,25)18-6-8-19(9-7-18)27-21(29)16-5-10-20(26-13-16)28-12-11-15-3-1-2-4-17(15)14-28/h1-10,13H,11-12,14H2,(H,27,29). The van der Waals surface area contributed by atoms with E-state index in [1.807, 2.05) is 12.1 Å². The third kappa shape index (κ3) is 4.23. The number of rotatable bonds is 3. The molecule has 29 heavy (non-hydrogen) atoms. The van der Waals surface area contributed by atoms with Gasteiger partial charge < -0.3 is 10.2 Å². The maximum absolute atomic E-state index is 12.6. The van der Waals surface area contributed by atoms with Crippen molar-refractivity contribution in [3.63, 3.8) is 0 Å². The molecule has 4 nitrogen and oxygen atoms in total. The van der Waals surface area contributed by atoms with Gasteiger partial charge in [-0.05, 0) is 53.9 Å². The van der Waals surface area contributed by atoms with Crippen LogP contribution in [0.25, 0.3) is 0 Å². The molecule has 1 aliphatic heterocycles. The van der Waals surface area contributed by atoms with E-state index in [0.29, 0.717) is 11.3 Å². The van der Waals surface area contributed by atoms with Crippen molar-refractivity contribution in [2.24, 2.45) is 0 Å². The molecule has 0 saturated heterocycles. The molecule has 0 bridgehead atoms. The van der Waals surface area contributed by atoms with Crippen LogP contribution in [0, 0.1) is 0 Å². The first-order valence-corrected chi connectivity index (χ1v) is 9.16. The fourth-order valence-corrected chi connectivity index (χ4v) is 3.34. The minimum Gasteiger partial charge on any atom is -0.352 e. The van der Waals surface area contributed by atoms with Gasteiger partial charge in [0.25, 0.3) is 5.91 Å². The van der Waals surface area contributed by atoms with E-state index in [2.05, 4.69) is 27.3 Å². The number of halogens is 3. The fourth-order valence-electron chi connectivity index (χ4n) is 3.34. The summed E-state index contributed by atoms with van der Waals surface area (Å²) in [4.78, 5) is 18.9. The molecule has 0 unspecified atom stereocenters. The van der Waals surface area contributed by atoms with Gasteiger partial charge in [-0.25, -0.2) is 4.98 Å². The van der Waals surface area contributed by atoms with E-state index in [4.69, 9.17) is 0 Å². The number of carbonyl (C=O) groups is 1. The van der Waals surface area contributed by atoms with Crippen LogP contribution in [-0.4, -0.2) is 17.4 Å². The molecule has 7 heteroatoms. The van der Waals surface area contributed by atoms with E-state index in [9.17, 15) is 18.0 Å². The van der Waals surface area contributed by atoms with Crippen LogP contribution in [0.15, 0.2) is 66.9 Å². The first kappa shape index (κ1) is 19.0. The number of pyridine rings is 1. The van der Waals surface area contributed by atoms with Crippen molar-refractivity contribution < 1.29 is 18.0 Å². The zero-order chi connectivity index (χ0) is 20.4. The molecule has 0 spiro atoms. The average molecular weight is 397 g/mol. The summed E-state index contributed by atoms with van der Waals surface area (Å²) in [6.07, 6.45) is -1.99. The number of fused-ring (bicyclic) bond motifs is 1. The second kappa shape index (κ2) is 7.58. The normalized spacial score (nSPS) is 13.7. The molecule has 1 amide bonds. The van der Waals surface area contributed by atoms with Crippen LogP contribution in [0.1, 0.15) is 27.0 Å². The number of hydrogen-bond donors (Lipinski definition) is 1. The van der Waals surface area contributed by atoms with E-state index < -0.39 is 17.6 Å². The molecule has 148 valence electrons. The lowest BCUT2D eigenvalue weighted by Crippen LogP contribution is -2.31. The van der Waals surface area contributed by atoms with Crippen LogP contribution in [-0.2, 0) is 19.1 Å². The Morgan fingerprint density at radius 1 is 0.966 bits per heavy atom. The predicted octanol–water partition coefficient (Wildman–Crippen LogP) is 4.92. The van der Waals surface area contributed by atoms with Crippen molar-refractivity contribution in [1.29, 1.82) is 0 Å². The Bertz CT molecular complexity index is 1010. The number of benzene rings is 2. The Labute approximate surface area is 166 Å². The van der Waals surface area contributed by atoms with Gasteiger partial charge in [0, 0.05) is 25.0 Å². The van der Waals surface area contributed by atoms with Crippen LogP contribution in [0.5, 0.6) is 0 Å². The number of nitrogens with zero attached hydrogens (tertiary/aromatic N) is 2. The van der Waals surface area contributed by atoms with Gasteiger partial charge in [0.15, 0.2) is 0 Å². The van der Waals surface area contributed by atoms with Crippen LogP contribution in [0.2, 0.25) is 0 Å². The summed E-state index contributed by atoms with van der Waals surface area (Å²) in [6, 6.07) is 16.1. The quantitative estimate of drug-likeness (QED) is 0.683. The van der Waals surface area contributed by atoms with Crippen LogP contribution < -0.4 is 10.2 Å². The van der Waals surface area contributed by atoms with Gasteiger partial charge in [-0.15, -0.1) is 0 Å². The Morgan fingerprint density at radius 3 is 2.34 bits per heavy atom. The summed E-state index contributed by atoms with van der Waals surface area (Å²) in [5.41, 5.74) is 2.48. The molecule has 0 fully saturated rings. The lowest BCUT2D eigenvalue weighted by molar-refractivity contribution is -0.137. The van der Waals surface area contributed by atoms with Gasteiger partial charge in [-0.2, -0.15) is 13.2 Å². The second-order valence-corrected chi connectivity index (χ2v) is 6.87. The number of nitrogens with one attached hydrogen (secondary N) is 1. The number of aromatic nitrogens is 1. The van der Waals surface area contributed by atoms with Crippen LogP contribution in [0.4, 0.5) is 24.7 Å². The molecule has 0 aliphatic carbocycles. The van der Waals surface area contributed by atoms with Crippen molar-refractivity contribution in [2.45, 2.75) is 19.1 Å². The molecule has 2 aromatic carbocycles. The molecule has 1 N–H and O–H groups in total. The third-order valence-corrected chi connectivity index (χ3v) is 4.93. The van der Waals surface area contributed by atoms with E-state index in [1.54, 1.807) is 12.1 Å². The van der Waals surface area contributed by atoms with E-state index >= 15 is 0 Å². The highest BCUT2D eigenvalue weighted by molar-refractivity contribution is 6.04. The second-order valence-electron chi connectivity index (χ2n) is 6.87. The van der Waals surface area contributed by atoms with Gasteiger partial charge in [-0.1, -0.05) is 24.3 Å². The van der Waals surface area contributed by atoms with Crippen LogP contribution in [0.3, 0.4) is 0 Å². The van der Waals surface area contributed by atoms with Gasteiger partial charge in [0.1, 0.15) is 5.82 Å². The minimum atomic E-state index is -4.41. The SMILES string of the molecule is O=C(Nc1ccc(C(F)(F)F)cc1)c1ccc(N2CCc3ccccc3C2)nc1. The predicted molar refractivity (Wildman–Crippen MR) is 105 cm³/mol. The zero-order valence-electron chi connectivity index (χ0n) is 15.4. The largest absolute Gasteiger partial charge is 0.416 e. The summed E-state index contributed by atoms with van der Waals surface area (Å²) in [7, 11) is 0. The Balaban J connectivity index is 1.42. The first-order valence-electron chi connectivity index (χ1n) is 9.16. The number of amides is 1. The number of anilines is 2. The molecular formula is C22H18F3N3O. The van der Waals surface area contributed by atoms with Crippen molar-refractivity contribution in [2.75, 3.05) is 16.8 Å². The monoisotopic (exact) mass is 397 g/mol. The summed E-state index contributed by atoms with van der Waals surface area (Å²) >= 11 is 0. The maximum Gasteiger partial charge on any atom is 0.416 e. The van der Waals surface area contributed by atoms with Crippen molar-refractivity contribution in [3.8, 4) is 0 Å². The topological polar surface area (TPSA) is 45.2 Å². The Hall–Kier alpha value is -3.35. The average Bonchev–Trinajstić information content (AvgIpc) is 2.73. The highest BCUT2D eigenvalue weighted by Gasteiger charge is 2.30. The summed E-state index contributed by atoms with van der Waals surface area (Å²) in [5, 5.41) is 2.59. The molecule has 2 heterocycles. The lowest BCUT2D eigenvalue weighted by atomic mass is 10.00. The highest BCUT2D eigenvalue weighted by atomic mass is 19.4. The maximum atomic E-state index is 12.6. The van der Waals surface area contributed by atoms with Gasteiger partial charge in [0.05, 0.1) is 11.1 Å².